The molecule has 21 heavy (non-hydrogen) atoms. The van der Waals surface area contributed by atoms with Gasteiger partial charge in [0.05, 0.1) is 15.6 Å². The first kappa shape index (κ1) is 15.8. The van der Waals surface area contributed by atoms with Crippen LogP contribution in [0.1, 0.15) is 18.1 Å². The summed E-state index contributed by atoms with van der Waals surface area (Å²) in [5.74, 6) is 0. The number of aryl methyl sites for hydroxylation is 1. The van der Waals surface area contributed by atoms with Gasteiger partial charge in [-0.2, -0.15) is 0 Å². The smallest absolute Gasteiger partial charge is 0.240 e. The topological polar surface area (TPSA) is 72.2 Å². The van der Waals surface area contributed by atoms with E-state index in [0.29, 0.717) is 5.02 Å². The number of sulfonamides is 1. The van der Waals surface area contributed by atoms with Gasteiger partial charge in [-0.3, -0.25) is 0 Å². The van der Waals surface area contributed by atoms with Crippen molar-refractivity contribution < 1.29 is 8.42 Å². The maximum atomic E-state index is 12.2. The molecule has 3 N–H and O–H groups in total. The summed E-state index contributed by atoms with van der Waals surface area (Å²) in [5, 5.41) is 0.337. The van der Waals surface area contributed by atoms with Crippen LogP contribution in [0, 0.1) is 0 Å². The summed E-state index contributed by atoms with van der Waals surface area (Å²) in [4.78, 5) is 0.106. The Morgan fingerprint density at radius 1 is 1.10 bits per heavy atom. The zero-order valence-electron chi connectivity index (χ0n) is 11.6. The molecule has 2 rings (SSSR count). The van der Waals surface area contributed by atoms with Crippen LogP contribution in [0.5, 0.6) is 0 Å². The summed E-state index contributed by atoms with van der Waals surface area (Å²) in [7, 11) is -3.60. The van der Waals surface area contributed by atoms with Crippen LogP contribution in [0.2, 0.25) is 5.02 Å². The highest BCUT2D eigenvalue weighted by Gasteiger charge is 2.14. The average Bonchev–Trinajstić information content (AvgIpc) is 2.48. The Morgan fingerprint density at radius 2 is 1.71 bits per heavy atom. The third-order valence-corrected chi connectivity index (χ3v) is 4.92. The van der Waals surface area contributed by atoms with E-state index in [1.165, 1.54) is 23.8 Å². The van der Waals surface area contributed by atoms with Crippen LogP contribution in [-0.4, -0.2) is 8.42 Å². The highest BCUT2D eigenvalue weighted by Crippen LogP contribution is 2.22. The monoisotopic (exact) mass is 324 g/mol. The first-order chi connectivity index (χ1) is 9.92. The largest absolute Gasteiger partial charge is 0.397 e. The molecule has 0 spiro atoms. The van der Waals surface area contributed by atoms with Gasteiger partial charge in [-0.15, -0.1) is 0 Å². The molecule has 0 saturated heterocycles. The SMILES string of the molecule is CCc1ccc(CNS(=O)(=O)c2ccc(Cl)c(N)c2)cc1. The molecule has 4 nitrogen and oxygen atoms in total. The van der Waals surface area contributed by atoms with E-state index in [4.69, 9.17) is 17.3 Å². The molecule has 0 amide bonds. The Labute approximate surface area is 130 Å². The molecule has 0 fully saturated rings. The van der Waals surface area contributed by atoms with Crippen molar-refractivity contribution >= 4 is 27.3 Å². The second-order valence-electron chi connectivity index (χ2n) is 4.68. The van der Waals surface area contributed by atoms with E-state index in [0.717, 1.165) is 12.0 Å². The molecule has 0 atom stereocenters. The van der Waals surface area contributed by atoms with Crippen molar-refractivity contribution in [1.82, 2.24) is 4.72 Å². The van der Waals surface area contributed by atoms with Crippen molar-refractivity contribution in [3.8, 4) is 0 Å². The number of hydrogen-bond donors (Lipinski definition) is 2. The summed E-state index contributed by atoms with van der Waals surface area (Å²) in [6.45, 7) is 2.30. The van der Waals surface area contributed by atoms with Gasteiger partial charge in [0.1, 0.15) is 0 Å². The van der Waals surface area contributed by atoms with Crippen molar-refractivity contribution in [1.29, 1.82) is 0 Å². The fourth-order valence-corrected chi connectivity index (χ4v) is 3.01. The van der Waals surface area contributed by atoms with Gasteiger partial charge < -0.3 is 5.73 Å². The third kappa shape index (κ3) is 3.97. The summed E-state index contributed by atoms with van der Waals surface area (Å²) in [6, 6.07) is 12.1. The molecule has 0 bridgehead atoms. The molecule has 0 aliphatic rings. The quantitative estimate of drug-likeness (QED) is 0.830. The van der Waals surface area contributed by atoms with Crippen molar-refractivity contribution in [3.05, 3.63) is 58.6 Å². The Hall–Kier alpha value is -1.56. The lowest BCUT2D eigenvalue weighted by Gasteiger charge is -2.08. The van der Waals surface area contributed by atoms with E-state index < -0.39 is 10.0 Å². The first-order valence-electron chi connectivity index (χ1n) is 6.55. The lowest BCUT2D eigenvalue weighted by molar-refractivity contribution is 0.581. The number of halogens is 1. The van der Waals surface area contributed by atoms with Crippen LogP contribution in [0.25, 0.3) is 0 Å². The highest BCUT2D eigenvalue weighted by molar-refractivity contribution is 7.89. The van der Waals surface area contributed by atoms with Gasteiger partial charge in [0, 0.05) is 6.54 Å². The second kappa shape index (κ2) is 6.47. The van der Waals surface area contributed by atoms with Gasteiger partial charge in [-0.05, 0) is 35.7 Å². The number of rotatable bonds is 5. The van der Waals surface area contributed by atoms with Crippen LogP contribution in [0.3, 0.4) is 0 Å². The van der Waals surface area contributed by atoms with Crippen LogP contribution >= 0.6 is 11.6 Å². The number of nitrogens with two attached hydrogens (primary N) is 1. The highest BCUT2D eigenvalue weighted by atomic mass is 35.5. The fraction of sp³-hybridized carbons (Fsp3) is 0.200. The summed E-state index contributed by atoms with van der Waals surface area (Å²) < 4.78 is 26.9. The molecule has 0 aromatic heterocycles. The van der Waals surface area contributed by atoms with Gasteiger partial charge in [0.2, 0.25) is 10.0 Å². The van der Waals surface area contributed by atoms with Gasteiger partial charge in [-0.1, -0.05) is 42.8 Å². The number of hydrogen-bond acceptors (Lipinski definition) is 3. The maximum Gasteiger partial charge on any atom is 0.240 e. The zero-order chi connectivity index (χ0) is 15.5. The van der Waals surface area contributed by atoms with Crippen LogP contribution < -0.4 is 10.5 Å². The molecule has 0 radical (unpaired) electrons. The third-order valence-electron chi connectivity index (χ3n) is 3.18. The lowest BCUT2D eigenvalue weighted by Crippen LogP contribution is -2.23. The van der Waals surface area contributed by atoms with Crippen molar-refractivity contribution in [2.75, 3.05) is 5.73 Å². The summed E-state index contributed by atoms with van der Waals surface area (Å²) >= 11 is 5.79. The molecule has 2 aromatic carbocycles. The number of anilines is 1. The normalized spacial score (nSPS) is 11.5. The van der Waals surface area contributed by atoms with Crippen LogP contribution in [0.4, 0.5) is 5.69 Å². The minimum absolute atomic E-state index is 0.106. The Morgan fingerprint density at radius 3 is 2.29 bits per heavy atom. The van der Waals surface area contributed by atoms with Crippen molar-refractivity contribution in [3.63, 3.8) is 0 Å². The van der Waals surface area contributed by atoms with E-state index in [2.05, 4.69) is 11.6 Å². The predicted molar refractivity (Wildman–Crippen MR) is 85.7 cm³/mol. The van der Waals surface area contributed by atoms with Gasteiger partial charge in [0.25, 0.3) is 0 Å². The fourth-order valence-electron chi connectivity index (χ4n) is 1.84. The number of nitrogen functional groups attached to an aromatic ring is 1. The van der Waals surface area contributed by atoms with Gasteiger partial charge >= 0.3 is 0 Å². The molecule has 0 aliphatic carbocycles. The molecule has 0 saturated carbocycles. The summed E-state index contributed by atoms with van der Waals surface area (Å²) in [6.07, 6.45) is 0.954. The molecular formula is C15H17ClN2O2S. The first-order valence-corrected chi connectivity index (χ1v) is 8.41. The van der Waals surface area contributed by atoms with E-state index in [1.807, 2.05) is 24.3 Å². The second-order valence-corrected chi connectivity index (χ2v) is 6.85. The maximum absolute atomic E-state index is 12.2. The molecule has 6 heteroatoms. The minimum atomic E-state index is -3.60. The molecule has 112 valence electrons. The Kier molecular flexibility index (Phi) is 4.88. The molecule has 0 heterocycles. The molecule has 0 aliphatic heterocycles. The standard InChI is InChI=1S/C15H17ClN2O2S/c1-2-11-3-5-12(6-4-11)10-18-21(19,20)13-7-8-14(16)15(17)9-13/h3-9,18H,2,10,17H2,1H3. The molecule has 2 aromatic rings. The minimum Gasteiger partial charge on any atom is -0.397 e. The van der Waals surface area contributed by atoms with Crippen LogP contribution in [-0.2, 0) is 23.0 Å². The Balaban J connectivity index is 2.11. The van der Waals surface area contributed by atoms with Crippen molar-refractivity contribution in [2.45, 2.75) is 24.8 Å². The zero-order valence-corrected chi connectivity index (χ0v) is 13.2. The Bertz CT molecular complexity index is 728. The number of nitrogens with one attached hydrogen (secondary N) is 1. The molecule has 0 unspecified atom stereocenters. The lowest BCUT2D eigenvalue weighted by atomic mass is 10.1. The average molecular weight is 325 g/mol. The molecular weight excluding hydrogens is 308 g/mol. The van der Waals surface area contributed by atoms with Gasteiger partial charge in [-0.25, -0.2) is 13.1 Å². The van der Waals surface area contributed by atoms with E-state index in [1.54, 1.807) is 0 Å². The van der Waals surface area contributed by atoms with Crippen molar-refractivity contribution in [2.24, 2.45) is 0 Å². The predicted octanol–water partition coefficient (Wildman–Crippen LogP) is 2.96. The van der Waals surface area contributed by atoms with E-state index in [-0.39, 0.29) is 17.1 Å². The van der Waals surface area contributed by atoms with E-state index in [9.17, 15) is 8.42 Å². The number of benzene rings is 2. The van der Waals surface area contributed by atoms with E-state index >= 15 is 0 Å². The van der Waals surface area contributed by atoms with Gasteiger partial charge in [0.15, 0.2) is 0 Å². The summed E-state index contributed by atoms with van der Waals surface area (Å²) in [5.41, 5.74) is 7.99. The van der Waals surface area contributed by atoms with Crippen LogP contribution in [0.15, 0.2) is 47.4 Å².